The minimum absolute atomic E-state index is 0.0813. The molecule has 0 unspecified atom stereocenters. The number of hydrogen-bond acceptors (Lipinski definition) is 4. The molecule has 1 heterocycles. The fourth-order valence-electron chi connectivity index (χ4n) is 3.18. The van der Waals surface area contributed by atoms with Crippen molar-refractivity contribution in [3.63, 3.8) is 0 Å². The van der Waals surface area contributed by atoms with E-state index in [0.29, 0.717) is 30.1 Å². The summed E-state index contributed by atoms with van der Waals surface area (Å²) in [5, 5.41) is 5.54. The van der Waals surface area contributed by atoms with Crippen LogP contribution in [0.1, 0.15) is 25.3 Å². The number of amides is 3. The van der Waals surface area contributed by atoms with E-state index in [4.69, 9.17) is 4.74 Å². The van der Waals surface area contributed by atoms with E-state index in [1.54, 1.807) is 54.5 Å². The van der Waals surface area contributed by atoms with Gasteiger partial charge in [-0.1, -0.05) is 12.1 Å². The molecule has 0 aromatic heterocycles. The third-order valence-corrected chi connectivity index (χ3v) is 4.47. The molecule has 0 radical (unpaired) electrons. The zero-order valence-corrected chi connectivity index (χ0v) is 16.0. The molecule has 0 bridgehead atoms. The van der Waals surface area contributed by atoms with Crippen molar-refractivity contribution in [3.05, 3.63) is 48.0 Å². The van der Waals surface area contributed by atoms with E-state index in [9.17, 15) is 14.4 Å². The summed E-state index contributed by atoms with van der Waals surface area (Å²) >= 11 is 0. The van der Waals surface area contributed by atoms with Crippen LogP contribution in [0, 0.1) is 0 Å². The molecule has 146 valence electrons. The second-order valence-corrected chi connectivity index (χ2v) is 6.64. The van der Waals surface area contributed by atoms with Crippen LogP contribution in [0.4, 0.5) is 17.1 Å². The van der Waals surface area contributed by atoms with Crippen LogP contribution in [0.15, 0.2) is 42.5 Å². The first kappa shape index (κ1) is 19.4. The Morgan fingerprint density at radius 1 is 1.07 bits per heavy atom. The number of hydrogen-bond donors (Lipinski definition) is 2. The molecule has 1 fully saturated rings. The van der Waals surface area contributed by atoms with Crippen LogP contribution >= 0.6 is 0 Å². The third kappa shape index (κ3) is 4.68. The lowest BCUT2D eigenvalue weighted by molar-refractivity contribution is -0.117. The van der Waals surface area contributed by atoms with E-state index in [1.165, 1.54) is 6.92 Å². The monoisotopic (exact) mass is 381 g/mol. The number of benzene rings is 2. The van der Waals surface area contributed by atoms with E-state index in [2.05, 4.69) is 10.6 Å². The molecule has 0 saturated carbocycles. The SMILES string of the molecule is COc1cc(NC(=O)Cc2ccc(NC(C)=O)cc2)ccc1N1CCCC1=O. The van der Waals surface area contributed by atoms with Crippen molar-refractivity contribution >= 4 is 34.8 Å². The van der Waals surface area contributed by atoms with Crippen molar-refractivity contribution in [1.82, 2.24) is 0 Å². The molecule has 3 rings (SSSR count). The molecule has 2 aromatic carbocycles. The van der Waals surface area contributed by atoms with E-state index in [-0.39, 0.29) is 24.1 Å². The molecule has 2 N–H and O–H groups in total. The van der Waals surface area contributed by atoms with Crippen molar-refractivity contribution in [3.8, 4) is 5.75 Å². The van der Waals surface area contributed by atoms with Gasteiger partial charge in [0.2, 0.25) is 17.7 Å². The Hall–Kier alpha value is -3.35. The Morgan fingerprint density at radius 3 is 2.39 bits per heavy atom. The molecule has 0 aliphatic carbocycles. The Bertz CT molecular complexity index is 893. The van der Waals surface area contributed by atoms with Gasteiger partial charge in [0.25, 0.3) is 0 Å². The summed E-state index contributed by atoms with van der Waals surface area (Å²) in [4.78, 5) is 37.1. The van der Waals surface area contributed by atoms with Gasteiger partial charge in [-0.15, -0.1) is 0 Å². The van der Waals surface area contributed by atoms with E-state index in [1.807, 2.05) is 0 Å². The first-order valence-electron chi connectivity index (χ1n) is 9.11. The molecule has 1 aliphatic rings. The number of rotatable bonds is 6. The first-order chi connectivity index (χ1) is 13.5. The lowest BCUT2D eigenvalue weighted by Gasteiger charge is -2.19. The van der Waals surface area contributed by atoms with Crippen LogP contribution in [-0.2, 0) is 20.8 Å². The van der Waals surface area contributed by atoms with Crippen LogP contribution in [0.2, 0.25) is 0 Å². The number of carbonyl (C=O) groups excluding carboxylic acids is 3. The van der Waals surface area contributed by atoms with Gasteiger partial charge in [-0.05, 0) is 36.2 Å². The van der Waals surface area contributed by atoms with Gasteiger partial charge in [0.1, 0.15) is 5.75 Å². The molecular weight excluding hydrogens is 358 g/mol. The van der Waals surface area contributed by atoms with Gasteiger partial charge >= 0.3 is 0 Å². The van der Waals surface area contributed by atoms with Crippen molar-refractivity contribution in [2.45, 2.75) is 26.2 Å². The van der Waals surface area contributed by atoms with E-state index in [0.717, 1.165) is 17.7 Å². The van der Waals surface area contributed by atoms with Gasteiger partial charge in [-0.25, -0.2) is 0 Å². The summed E-state index contributed by atoms with van der Waals surface area (Å²) in [5.74, 6) is 0.323. The minimum atomic E-state index is -0.167. The molecule has 3 amide bonds. The first-order valence-corrected chi connectivity index (χ1v) is 9.11. The zero-order chi connectivity index (χ0) is 20.1. The average molecular weight is 381 g/mol. The quantitative estimate of drug-likeness (QED) is 0.805. The maximum atomic E-state index is 12.4. The Balaban J connectivity index is 1.65. The largest absolute Gasteiger partial charge is 0.494 e. The topological polar surface area (TPSA) is 87.7 Å². The molecule has 2 aromatic rings. The van der Waals surface area contributed by atoms with Crippen molar-refractivity contribution in [1.29, 1.82) is 0 Å². The van der Waals surface area contributed by atoms with Crippen molar-refractivity contribution in [2.24, 2.45) is 0 Å². The number of nitrogens with one attached hydrogen (secondary N) is 2. The molecule has 0 atom stereocenters. The summed E-state index contributed by atoms with van der Waals surface area (Å²) in [6.45, 7) is 2.12. The third-order valence-electron chi connectivity index (χ3n) is 4.47. The van der Waals surface area contributed by atoms with Crippen molar-refractivity contribution < 1.29 is 19.1 Å². The second kappa shape index (κ2) is 8.56. The number of nitrogens with zero attached hydrogens (tertiary/aromatic N) is 1. The smallest absolute Gasteiger partial charge is 0.228 e. The zero-order valence-electron chi connectivity index (χ0n) is 16.0. The Labute approximate surface area is 163 Å². The summed E-state index contributed by atoms with van der Waals surface area (Å²) in [5.41, 5.74) is 2.84. The standard InChI is InChI=1S/C21H23N3O4/c1-14(25)22-16-7-5-15(6-8-16)12-20(26)23-17-9-10-18(19(13-17)28-2)24-11-3-4-21(24)27/h5-10,13H,3-4,11-12H2,1-2H3,(H,22,25)(H,23,26). The molecule has 28 heavy (non-hydrogen) atoms. The van der Waals surface area contributed by atoms with E-state index < -0.39 is 0 Å². The summed E-state index contributed by atoms with van der Waals surface area (Å²) < 4.78 is 5.41. The van der Waals surface area contributed by atoms with E-state index >= 15 is 0 Å². The van der Waals surface area contributed by atoms with Gasteiger partial charge in [0, 0.05) is 37.3 Å². The molecule has 7 heteroatoms. The fraction of sp³-hybridized carbons (Fsp3) is 0.286. The van der Waals surface area contributed by atoms with Gasteiger partial charge in [0.05, 0.1) is 19.2 Å². The normalized spacial score (nSPS) is 13.4. The van der Waals surface area contributed by atoms with Crippen LogP contribution in [0.3, 0.4) is 0 Å². The number of methoxy groups -OCH3 is 1. The van der Waals surface area contributed by atoms with Gasteiger partial charge in [-0.3, -0.25) is 14.4 Å². The van der Waals surface area contributed by atoms with Crippen LogP contribution in [0.25, 0.3) is 0 Å². The lowest BCUT2D eigenvalue weighted by atomic mass is 10.1. The highest BCUT2D eigenvalue weighted by atomic mass is 16.5. The second-order valence-electron chi connectivity index (χ2n) is 6.64. The Morgan fingerprint density at radius 2 is 1.79 bits per heavy atom. The highest BCUT2D eigenvalue weighted by Crippen LogP contribution is 2.33. The van der Waals surface area contributed by atoms with Crippen LogP contribution in [0.5, 0.6) is 5.75 Å². The maximum absolute atomic E-state index is 12.4. The molecule has 0 spiro atoms. The van der Waals surface area contributed by atoms with Gasteiger partial charge in [0.15, 0.2) is 0 Å². The number of ether oxygens (including phenoxy) is 1. The molecular formula is C21H23N3O4. The van der Waals surface area contributed by atoms with Crippen molar-refractivity contribution in [2.75, 3.05) is 29.2 Å². The highest BCUT2D eigenvalue weighted by molar-refractivity contribution is 5.98. The maximum Gasteiger partial charge on any atom is 0.228 e. The van der Waals surface area contributed by atoms with Crippen LogP contribution < -0.4 is 20.3 Å². The highest BCUT2D eigenvalue weighted by Gasteiger charge is 2.24. The average Bonchev–Trinajstić information content (AvgIpc) is 3.08. The summed E-state index contributed by atoms with van der Waals surface area (Å²) in [6.07, 6.45) is 1.58. The molecule has 1 saturated heterocycles. The molecule has 1 aliphatic heterocycles. The van der Waals surface area contributed by atoms with Gasteiger partial charge < -0.3 is 20.3 Å². The number of anilines is 3. The Kier molecular flexibility index (Phi) is 5.93. The lowest BCUT2D eigenvalue weighted by Crippen LogP contribution is -2.24. The fourth-order valence-corrected chi connectivity index (χ4v) is 3.18. The minimum Gasteiger partial charge on any atom is -0.494 e. The van der Waals surface area contributed by atoms with Gasteiger partial charge in [-0.2, -0.15) is 0 Å². The predicted molar refractivity (Wildman–Crippen MR) is 108 cm³/mol. The molecule has 7 nitrogen and oxygen atoms in total. The van der Waals surface area contributed by atoms with Crippen LogP contribution in [-0.4, -0.2) is 31.4 Å². The summed E-state index contributed by atoms with van der Waals surface area (Å²) in [6, 6.07) is 12.4. The summed E-state index contributed by atoms with van der Waals surface area (Å²) in [7, 11) is 1.54. The number of carbonyl (C=O) groups is 3. The predicted octanol–water partition coefficient (Wildman–Crippen LogP) is 2.96.